The Morgan fingerprint density at radius 1 is 1.62 bits per heavy atom. The zero-order valence-corrected chi connectivity index (χ0v) is 10.3. The highest BCUT2D eigenvalue weighted by atomic mass is 16.5. The maximum absolute atomic E-state index is 11.4. The molecule has 1 aliphatic heterocycles. The highest BCUT2D eigenvalue weighted by Crippen LogP contribution is 2.15. The van der Waals surface area contributed by atoms with Crippen molar-refractivity contribution in [3.63, 3.8) is 0 Å². The van der Waals surface area contributed by atoms with Gasteiger partial charge >= 0.3 is 5.97 Å². The molecule has 0 fully saturated rings. The maximum atomic E-state index is 11.4. The SMILES string of the molecule is COC(=O)C(C)(C)CNCC1=CCCOC1. The van der Waals surface area contributed by atoms with Gasteiger partial charge in [0.15, 0.2) is 0 Å². The van der Waals surface area contributed by atoms with Gasteiger partial charge in [0.1, 0.15) is 0 Å². The largest absolute Gasteiger partial charge is 0.469 e. The van der Waals surface area contributed by atoms with Crippen LogP contribution in [-0.2, 0) is 14.3 Å². The highest BCUT2D eigenvalue weighted by molar-refractivity contribution is 5.76. The molecular weight excluding hydrogens is 206 g/mol. The molecule has 0 atom stereocenters. The molecular formula is C12H21NO3. The molecule has 92 valence electrons. The minimum absolute atomic E-state index is 0.186. The average molecular weight is 227 g/mol. The maximum Gasteiger partial charge on any atom is 0.312 e. The monoisotopic (exact) mass is 227 g/mol. The van der Waals surface area contributed by atoms with Gasteiger partial charge in [-0.25, -0.2) is 0 Å². The van der Waals surface area contributed by atoms with Crippen molar-refractivity contribution >= 4 is 5.97 Å². The molecule has 1 heterocycles. The van der Waals surface area contributed by atoms with Crippen molar-refractivity contribution in [2.75, 3.05) is 33.4 Å². The molecule has 0 spiro atoms. The Bertz CT molecular complexity index is 271. The predicted octanol–water partition coefficient (Wildman–Crippen LogP) is 1.12. The molecule has 0 saturated carbocycles. The lowest BCUT2D eigenvalue weighted by atomic mass is 9.93. The minimum atomic E-state index is -0.481. The molecule has 0 aromatic rings. The molecule has 0 bridgehead atoms. The summed E-state index contributed by atoms with van der Waals surface area (Å²) in [6.45, 7) is 6.65. The summed E-state index contributed by atoms with van der Waals surface area (Å²) in [5, 5.41) is 3.26. The zero-order valence-electron chi connectivity index (χ0n) is 10.3. The Hall–Kier alpha value is -0.870. The zero-order chi connectivity index (χ0) is 12.0. The van der Waals surface area contributed by atoms with Crippen LogP contribution >= 0.6 is 0 Å². The van der Waals surface area contributed by atoms with Crippen LogP contribution in [0.15, 0.2) is 11.6 Å². The second kappa shape index (κ2) is 6.01. The van der Waals surface area contributed by atoms with Crippen LogP contribution in [0.1, 0.15) is 20.3 Å². The molecule has 4 nitrogen and oxygen atoms in total. The van der Waals surface area contributed by atoms with Gasteiger partial charge in [-0.2, -0.15) is 0 Å². The van der Waals surface area contributed by atoms with Crippen molar-refractivity contribution in [2.45, 2.75) is 20.3 Å². The van der Waals surface area contributed by atoms with Crippen LogP contribution in [0.3, 0.4) is 0 Å². The Morgan fingerprint density at radius 2 is 2.38 bits per heavy atom. The first-order valence-corrected chi connectivity index (χ1v) is 5.61. The smallest absolute Gasteiger partial charge is 0.312 e. The van der Waals surface area contributed by atoms with Gasteiger partial charge in [0, 0.05) is 13.1 Å². The lowest BCUT2D eigenvalue weighted by Gasteiger charge is -2.22. The summed E-state index contributed by atoms with van der Waals surface area (Å²) >= 11 is 0. The van der Waals surface area contributed by atoms with Gasteiger partial charge in [-0.05, 0) is 25.8 Å². The standard InChI is InChI=1S/C12H21NO3/c1-12(2,11(14)15-3)9-13-7-10-5-4-6-16-8-10/h5,13H,4,6-9H2,1-3H3. The lowest BCUT2D eigenvalue weighted by Crippen LogP contribution is -2.38. The third-order valence-corrected chi connectivity index (χ3v) is 2.64. The van der Waals surface area contributed by atoms with E-state index < -0.39 is 5.41 Å². The molecule has 0 aliphatic carbocycles. The van der Waals surface area contributed by atoms with Gasteiger partial charge in [-0.1, -0.05) is 6.08 Å². The Balaban J connectivity index is 2.29. The Morgan fingerprint density at radius 3 is 2.94 bits per heavy atom. The Kier molecular flexibility index (Phi) is 4.96. The third kappa shape index (κ3) is 3.94. The van der Waals surface area contributed by atoms with Crippen molar-refractivity contribution in [3.05, 3.63) is 11.6 Å². The summed E-state index contributed by atoms with van der Waals surface area (Å²) in [6, 6.07) is 0. The van der Waals surface area contributed by atoms with Crippen molar-refractivity contribution < 1.29 is 14.3 Å². The van der Waals surface area contributed by atoms with E-state index in [0.29, 0.717) is 13.2 Å². The molecule has 16 heavy (non-hydrogen) atoms. The van der Waals surface area contributed by atoms with Crippen molar-refractivity contribution in [3.8, 4) is 0 Å². The summed E-state index contributed by atoms with van der Waals surface area (Å²) in [5.74, 6) is -0.186. The molecule has 0 radical (unpaired) electrons. The van der Waals surface area contributed by atoms with E-state index in [9.17, 15) is 4.79 Å². The molecule has 0 aromatic carbocycles. The number of carbonyl (C=O) groups excluding carboxylic acids is 1. The van der Waals surface area contributed by atoms with Gasteiger partial charge in [0.05, 0.1) is 25.7 Å². The number of ether oxygens (including phenoxy) is 2. The summed E-state index contributed by atoms with van der Waals surface area (Å²) in [6.07, 6.45) is 3.18. The summed E-state index contributed by atoms with van der Waals surface area (Å²) in [5.41, 5.74) is 0.775. The number of hydrogen-bond acceptors (Lipinski definition) is 4. The molecule has 1 N–H and O–H groups in total. The van der Waals surface area contributed by atoms with E-state index in [-0.39, 0.29) is 5.97 Å². The predicted molar refractivity (Wildman–Crippen MR) is 62.2 cm³/mol. The second-order valence-corrected chi connectivity index (χ2v) is 4.68. The number of rotatable bonds is 5. The van der Waals surface area contributed by atoms with Crippen molar-refractivity contribution in [2.24, 2.45) is 5.41 Å². The van der Waals surface area contributed by atoms with Crippen molar-refractivity contribution in [1.29, 1.82) is 0 Å². The van der Waals surface area contributed by atoms with E-state index in [0.717, 1.165) is 19.6 Å². The number of nitrogens with one attached hydrogen (secondary N) is 1. The second-order valence-electron chi connectivity index (χ2n) is 4.68. The van der Waals surface area contributed by atoms with Gasteiger partial charge in [-0.15, -0.1) is 0 Å². The first kappa shape index (κ1) is 13.2. The third-order valence-electron chi connectivity index (χ3n) is 2.64. The normalized spacial score (nSPS) is 16.8. The molecule has 0 saturated heterocycles. The highest BCUT2D eigenvalue weighted by Gasteiger charge is 2.28. The van der Waals surface area contributed by atoms with Crippen LogP contribution in [0.25, 0.3) is 0 Å². The Labute approximate surface area is 97.0 Å². The summed E-state index contributed by atoms with van der Waals surface area (Å²) < 4.78 is 10.1. The van der Waals surface area contributed by atoms with Crippen LogP contribution in [0, 0.1) is 5.41 Å². The first-order valence-electron chi connectivity index (χ1n) is 5.61. The average Bonchev–Trinajstić information content (AvgIpc) is 2.29. The summed E-state index contributed by atoms with van der Waals surface area (Å²) in [4.78, 5) is 11.4. The van der Waals surface area contributed by atoms with Gasteiger partial charge < -0.3 is 14.8 Å². The van der Waals surface area contributed by atoms with E-state index in [2.05, 4.69) is 11.4 Å². The number of hydrogen-bond donors (Lipinski definition) is 1. The molecule has 1 rings (SSSR count). The lowest BCUT2D eigenvalue weighted by molar-refractivity contribution is -0.150. The molecule has 0 aromatic heterocycles. The van der Waals surface area contributed by atoms with Gasteiger partial charge in [0.25, 0.3) is 0 Å². The molecule has 1 aliphatic rings. The minimum Gasteiger partial charge on any atom is -0.469 e. The van der Waals surface area contributed by atoms with Crippen LogP contribution in [-0.4, -0.2) is 39.4 Å². The van der Waals surface area contributed by atoms with Gasteiger partial charge in [0.2, 0.25) is 0 Å². The van der Waals surface area contributed by atoms with Crippen LogP contribution in [0.2, 0.25) is 0 Å². The first-order chi connectivity index (χ1) is 7.56. The quantitative estimate of drug-likeness (QED) is 0.565. The van der Waals surface area contributed by atoms with Crippen LogP contribution < -0.4 is 5.32 Å². The van der Waals surface area contributed by atoms with Crippen molar-refractivity contribution in [1.82, 2.24) is 5.32 Å². The van der Waals surface area contributed by atoms with E-state index in [1.807, 2.05) is 13.8 Å². The summed E-state index contributed by atoms with van der Waals surface area (Å²) in [7, 11) is 1.42. The van der Waals surface area contributed by atoms with E-state index in [4.69, 9.17) is 9.47 Å². The molecule has 0 amide bonds. The molecule has 0 unspecified atom stereocenters. The van der Waals surface area contributed by atoms with Crippen LogP contribution in [0.5, 0.6) is 0 Å². The van der Waals surface area contributed by atoms with Crippen LogP contribution in [0.4, 0.5) is 0 Å². The fourth-order valence-corrected chi connectivity index (χ4v) is 1.62. The number of esters is 1. The molecule has 4 heteroatoms. The number of carbonyl (C=O) groups is 1. The fraction of sp³-hybridized carbons (Fsp3) is 0.750. The number of methoxy groups -OCH3 is 1. The van der Waals surface area contributed by atoms with E-state index in [1.165, 1.54) is 12.7 Å². The topological polar surface area (TPSA) is 47.6 Å². The van der Waals surface area contributed by atoms with Gasteiger partial charge in [-0.3, -0.25) is 4.79 Å². The fourth-order valence-electron chi connectivity index (χ4n) is 1.62. The van der Waals surface area contributed by atoms with E-state index >= 15 is 0 Å². The van der Waals surface area contributed by atoms with E-state index in [1.54, 1.807) is 0 Å².